The summed E-state index contributed by atoms with van der Waals surface area (Å²) >= 11 is 0. The molecular formula is C15H28N2O. The van der Waals surface area contributed by atoms with Gasteiger partial charge in [0, 0.05) is 31.1 Å². The molecule has 0 aromatic heterocycles. The SMILES string of the molecule is CC1(C)CNCCN1C(=O)C1CCCCCCC1. The van der Waals surface area contributed by atoms with Crippen molar-refractivity contribution in [3.8, 4) is 0 Å². The Morgan fingerprint density at radius 2 is 1.72 bits per heavy atom. The fraction of sp³-hybridized carbons (Fsp3) is 0.933. The van der Waals surface area contributed by atoms with Crippen LogP contribution in [0.25, 0.3) is 0 Å². The van der Waals surface area contributed by atoms with Gasteiger partial charge in [-0.1, -0.05) is 32.1 Å². The van der Waals surface area contributed by atoms with E-state index in [-0.39, 0.29) is 5.54 Å². The molecule has 0 bridgehead atoms. The molecular weight excluding hydrogens is 224 g/mol. The van der Waals surface area contributed by atoms with Crippen LogP contribution in [0.15, 0.2) is 0 Å². The lowest BCUT2D eigenvalue weighted by Gasteiger charge is -2.44. The first kappa shape index (κ1) is 13.9. The molecule has 1 aliphatic heterocycles. The van der Waals surface area contributed by atoms with E-state index in [2.05, 4.69) is 24.1 Å². The van der Waals surface area contributed by atoms with Crippen molar-refractivity contribution < 1.29 is 4.79 Å². The molecule has 18 heavy (non-hydrogen) atoms. The highest BCUT2D eigenvalue weighted by Gasteiger charge is 2.36. The standard InChI is InChI=1S/C15H28N2O/c1-15(2)12-16-10-11-17(15)14(18)13-8-6-4-3-5-7-9-13/h13,16H,3-12H2,1-2H3. The summed E-state index contributed by atoms with van der Waals surface area (Å²) in [6.45, 7) is 7.11. The first-order chi connectivity index (χ1) is 8.61. The number of hydrogen-bond donors (Lipinski definition) is 1. The van der Waals surface area contributed by atoms with Gasteiger partial charge in [-0.05, 0) is 26.7 Å². The van der Waals surface area contributed by atoms with E-state index < -0.39 is 0 Å². The summed E-state index contributed by atoms with van der Waals surface area (Å²) in [5.74, 6) is 0.714. The van der Waals surface area contributed by atoms with Crippen LogP contribution in [0.4, 0.5) is 0 Å². The van der Waals surface area contributed by atoms with Gasteiger partial charge in [-0.3, -0.25) is 4.79 Å². The van der Waals surface area contributed by atoms with Gasteiger partial charge in [-0.25, -0.2) is 0 Å². The summed E-state index contributed by atoms with van der Waals surface area (Å²) in [6, 6.07) is 0. The van der Waals surface area contributed by atoms with Crippen LogP contribution < -0.4 is 5.32 Å². The van der Waals surface area contributed by atoms with Crippen LogP contribution in [0, 0.1) is 5.92 Å². The van der Waals surface area contributed by atoms with Gasteiger partial charge in [-0.2, -0.15) is 0 Å². The van der Waals surface area contributed by atoms with Crippen molar-refractivity contribution >= 4 is 5.91 Å². The highest BCUT2D eigenvalue weighted by molar-refractivity contribution is 5.79. The number of hydrogen-bond acceptors (Lipinski definition) is 2. The summed E-state index contributed by atoms with van der Waals surface area (Å²) < 4.78 is 0. The molecule has 1 aliphatic carbocycles. The van der Waals surface area contributed by atoms with Crippen molar-refractivity contribution in [2.24, 2.45) is 5.92 Å². The maximum Gasteiger partial charge on any atom is 0.226 e. The van der Waals surface area contributed by atoms with Crippen LogP contribution in [-0.4, -0.2) is 36.0 Å². The van der Waals surface area contributed by atoms with Crippen molar-refractivity contribution in [3.05, 3.63) is 0 Å². The van der Waals surface area contributed by atoms with E-state index in [1.54, 1.807) is 0 Å². The number of nitrogens with one attached hydrogen (secondary N) is 1. The van der Waals surface area contributed by atoms with Gasteiger partial charge >= 0.3 is 0 Å². The Morgan fingerprint density at radius 1 is 1.11 bits per heavy atom. The number of piperazine rings is 1. The molecule has 1 heterocycles. The molecule has 0 aromatic carbocycles. The molecule has 1 amide bonds. The van der Waals surface area contributed by atoms with Crippen molar-refractivity contribution in [1.29, 1.82) is 0 Å². The number of nitrogens with zero attached hydrogens (tertiary/aromatic N) is 1. The van der Waals surface area contributed by atoms with Crippen molar-refractivity contribution in [2.45, 2.75) is 64.3 Å². The predicted octanol–water partition coefficient (Wildman–Crippen LogP) is 2.56. The Hall–Kier alpha value is -0.570. The van der Waals surface area contributed by atoms with E-state index in [1.807, 2.05) is 0 Å². The van der Waals surface area contributed by atoms with Crippen LogP contribution in [0.5, 0.6) is 0 Å². The van der Waals surface area contributed by atoms with Gasteiger partial charge < -0.3 is 10.2 Å². The fourth-order valence-corrected chi connectivity index (χ4v) is 3.32. The topological polar surface area (TPSA) is 32.3 Å². The lowest BCUT2D eigenvalue weighted by molar-refractivity contribution is -0.142. The van der Waals surface area contributed by atoms with Crippen molar-refractivity contribution in [3.63, 3.8) is 0 Å². The van der Waals surface area contributed by atoms with Gasteiger partial charge in [0.05, 0.1) is 0 Å². The minimum Gasteiger partial charge on any atom is -0.335 e. The van der Waals surface area contributed by atoms with Gasteiger partial charge in [0.1, 0.15) is 0 Å². The van der Waals surface area contributed by atoms with E-state index >= 15 is 0 Å². The fourth-order valence-electron chi connectivity index (χ4n) is 3.32. The summed E-state index contributed by atoms with van der Waals surface area (Å²) in [5, 5.41) is 3.39. The molecule has 0 unspecified atom stereocenters. The molecule has 0 spiro atoms. The molecule has 2 fully saturated rings. The molecule has 0 radical (unpaired) electrons. The predicted molar refractivity (Wildman–Crippen MR) is 74.5 cm³/mol. The molecule has 1 saturated carbocycles. The van der Waals surface area contributed by atoms with E-state index in [0.717, 1.165) is 32.5 Å². The second-order valence-electron chi connectivity index (χ2n) is 6.52. The monoisotopic (exact) mass is 252 g/mol. The first-order valence-electron chi connectivity index (χ1n) is 7.63. The normalized spacial score (nSPS) is 26.4. The highest BCUT2D eigenvalue weighted by Crippen LogP contribution is 2.27. The van der Waals surface area contributed by atoms with E-state index in [9.17, 15) is 4.79 Å². The lowest BCUT2D eigenvalue weighted by atomic mass is 9.88. The van der Waals surface area contributed by atoms with Crippen molar-refractivity contribution in [2.75, 3.05) is 19.6 Å². The summed E-state index contributed by atoms with van der Waals surface area (Å²) in [6.07, 6.45) is 8.69. The Labute approximate surface area is 111 Å². The second kappa shape index (κ2) is 6.05. The quantitative estimate of drug-likeness (QED) is 0.778. The van der Waals surface area contributed by atoms with Crippen LogP contribution >= 0.6 is 0 Å². The number of carbonyl (C=O) groups excluding carboxylic acids is 1. The number of amides is 1. The number of rotatable bonds is 1. The van der Waals surface area contributed by atoms with Crippen LogP contribution in [-0.2, 0) is 4.79 Å². The van der Waals surface area contributed by atoms with Crippen LogP contribution in [0.3, 0.4) is 0 Å². The molecule has 3 heteroatoms. The zero-order chi connectivity index (χ0) is 13.0. The third-order valence-corrected chi connectivity index (χ3v) is 4.52. The molecule has 2 rings (SSSR count). The summed E-state index contributed by atoms with van der Waals surface area (Å²) in [4.78, 5) is 14.9. The van der Waals surface area contributed by atoms with Gasteiger partial charge in [-0.15, -0.1) is 0 Å². The zero-order valence-corrected chi connectivity index (χ0v) is 12.0. The van der Waals surface area contributed by atoms with Crippen LogP contribution in [0.1, 0.15) is 58.8 Å². The molecule has 104 valence electrons. The summed E-state index contributed by atoms with van der Waals surface area (Å²) in [5.41, 5.74) is -0.0162. The minimum absolute atomic E-state index is 0.0162. The second-order valence-corrected chi connectivity index (χ2v) is 6.52. The molecule has 2 aliphatic rings. The van der Waals surface area contributed by atoms with E-state index in [4.69, 9.17) is 0 Å². The molecule has 1 N–H and O–H groups in total. The Morgan fingerprint density at radius 3 is 2.33 bits per heavy atom. The average molecular weight is 252 g/mol. The number of carbonyl (C=O) groups is 1. The molecule has 0 aromatic rings. The lowest BCUT2D eigenvalue weighted by Crippen LogP contribution is -2.61. The first-order valence-corrected chi connectivity index (χ1v) is 7.63. The molecule has 3 nitrogen and oxygen atoms in total. The van der Waals surface area contributed by atoms with E-state index in [1.165, 1.54) is 32.1 Å². The summed E-state index contributed by atoms with van der Waals surface area (Å²) in [7, 11) is 0. The smallest absolute Gasteiger partial charge is 0.226 e. The third-order valence-electron chi connectivity index (χ3n) is 4.52. The maximum atomic E-state index is 12.7. The Kier molecular flexibility index (Phi) is 4.66. The zero-order valence-electron chi connectivity index (χ0n) is 12.0. The van der Waals surface area contributed by atoms with Gasteiger partial charge in [0.2, 0.25) is 5.91 Å². The van der Waals surface area contributed by atoms with Crippen LogP contribution in [0.2, 0.25) is 0 Å². The van der Waals surface area contributed by atoms with Gasteiger partial charge in [0.15, 0.2) is 0 Å². The molecule has 0 atom stereocenters. The largest absolute Gasteiger partial charge is 0.335 e. The minimum atomic E-state index is -0.0162. The van der Waals surface area contributed by atoms with Gasteiger partial charge in [0.25, 0.3) is 0 Å². The highest BCUT2D eigenvalue weighted by atomic mass is 16.2. The third kappa shape index (κ3) is 3.25. The van der Waals surface area contributed by atoms with E-state index in [0.29, 0.717) is 11.8 Å². The average Bonchev–Trinajstić information content (AvgIpc) is 2.27. The Bertz CT molecular complexity index is 280. The Balaban J connectivity index is 1.99. The molecule has 1 saturated heterocycles. The maximum absolute atomic E-state index is 12.7. The van der Waals surface area contributed by atoms with Crippen molar-refractivity contribution in [1.82, 2.24) is 10.2 Å².